The van der Waals surface area contributed by atoms with Gasteiger partial charge in [-0.05, 0) is 30.3 Å². The number of aromatic nitrogens is 3. The van der Waals surface area contributed by atoms with Crippen LogP contribution in [-0.4, -0.2) is 51.9 Å². The molecule has 4 rings (SSSR count). The topological polar surface area (TPSA) is 74.2 Å². The Morgan fingerprint density at radius 2 is 1.82 bits per heavy atom. The maximum atomic E-state index is 13.3. The van der Waals surface area contributed by atoms with E-state index < -0.39 is 0 Å². The lowest BCUT2D eigenvalue weighted by atomic mass is 10.2. The highest BCUT2D eigenvalue weighted by atomic mass is 19.1. The summed E-state index contributed by atoms with van der Waals surface area (Å²) in [6.45, 7) is 2.60. The van der Waals surface area contributed by atoms with Gasteiger partial charge in [0.25, 0.3) is 5.91 Å². The standard InChI is InChI=1S/C20H19FN6O/c21-15-4-3-5-16(12-15)25-18-13-17(23-14-24-18)20(28)27-10-8-26(9-11-27)19-6-1-2-7-22-19/h1-7,12-14H,8-11H2,(H,23,24,25). The number of rotatable bonds is 4. The summed E-state index contributed by atoms with van der Waals surface area (Å²) in [5.41, 5.74) is 0.862. The van der Waals surface area contributed by atoms with E-state index in [1.165, 1.54) is 18.5 Å². The number of nitrogens with zero attached hydrogens (tertiary/aromatic N) is 5. The highest BCUT2D eigenvalue weighted by Crippen LogP contribution is 2.17. The molecule has 0 atom stereocenters. The first kappa shape index (κ1) is 17.8. The first-order valence-electron chi connectivity index (χ1n) is 8.99. The van der Waals surface area contributed by atoms with Gasteiger partial charge in [0.2, 0.25) is 0 Å². The van der Waals surface area contributed by atoms with Gasteiger partial charge in [0.05, 0.1) is 0 Å². The second-order valence-corrected chi connectivity index (χ2v) is 6.39. The zero-order valence-electron chi connectivity index (χ0n) is 15.1. The van der Waals surface area contributed by atoms with E-state index in [2.05, 4.69) is 25.2 Å². The Labute approximate surface area is 161 Å². The Bertz CT molecular complexity index is 960. The van der Waals surface area contributed by atoms with Crippen molar-refractivity contribution in [1.29, 1.82) is 0 Å². The number of amides is 1. The van der Waals surface area contributed by atoms with Crippen molar-refractivity contribution < 1.29 is 9.18 Å². The van der Waals surface area contributed by atoms with E-state index in [0.717, 1.165) is 5.82 Å². The summed E-state index contributed by atoms with van der Waals surface area (Å²) in [5, 5.41) is 2.99. The first-order chi connectivity index (χ1) is 13.7. The fourth-order valence-corrected chi connectivity index (χ4v) is 3.10. The smallest absolute Gasteiger partial charge is 0.272 e. The van der Waals surface area contributed by atoms with E-state index in [-0.39, 0.29) is 11.7 Å². The molecular weight excluding hydrogens is 359 g/mol. The fraction of sp³-hybridized carbons (Fsp3) is 0.200. The number of halogens is 1. The molecule has 2 aromatic heterocycles. The van der Waals surface area contributed by atoms with Gasteiger partial charge in [-0.2, -0.15) is 0 Å². The van der Waals surface area contributed by atoms with Crippen LogP contribution in [0.3, 0.4) is 0 Å². The highest BCUT2D eigenvalue weighted by Gasteiger charge is 2.23. The van der Waals surface area contributed by atoms with Crippen LogP contribution in [0.2, 0.25) is 0 Å². The monoisotopic (exact) mass is 378 g/mol. The summed E-state index contributed by atoms with van der Waals surface area (Å²) in [4.78, 5) is 29.3. The molecule has 1 aromatic carbocycles. The Morgan fingerprint density at radius 1 is 0.964 bits per heavy atom. The number of hydrogen-bond donors (Lipinski definition) is 1. The van der Waals surface area contributed by atoms with Crippen molar-refractivity contribution in [3.63, 3.8) is 0 Å². The number of hydrogen-bond acceptors (Lipinski definition) is 6. The largest absolute Gasteiger partial charge is 0.353 e. The minimum absolute atomic E-state index is 0.148. The third-order valence-electron chi connectivity index (χ3n) is 4.52. The molecule has 1 aliphatic heterocycles. The van der Waals surface area contributed by atoms with Crippen molar-refractivity contribution >= 4 is 23.2 Å². The lowest BCUT2D eigenvalue weighted by Gasteiger charge is -2.35. The molecule has 7 nitrogen and oxygen atoms in total. The molecule has 0 saturated carbocycles. The molecule has 0 spiro atoms. The molecule has 0 aliphatic carbocycles. The average molecular weight is 378 g/mol. The summed E-state index contributed by atoms with van der Waals surface area (Å²) in [5.74, 6) is 0.862. The van der Waals surface area contributed by atoms with Gasteiger partial charge >= 0.3 is 0 Å². The van der Waals surface area contributed by atoms with Crippen molar-refractivity contribution in [1.82, 2.24) is 19.9 Å². The Kier molecular flexibility index (Phi) is 5.09. The predicted molar refractivity (Wildman–Crippen MR) is 104 cm³/mol. The summed E-state index contributed by atoms with van der Waals surface area (Å²) in [6, 6.07) is 13.4. The molecule has 1 amide bonds. The second kappa shape index (κ2) is 7.99. The second-order valence-electron chi connectivity index (χ2n) is 6.39. The number of pyridine rings is 1. The van der Waals surface area contributed by atoms with Gasteiger partial charge in [-0.1, -0.05) is 12.1 Å². The third kappa shape index (κ3) is 4.06. The molecule has 142 valence electrons. The van der Waals surface area contributed by atoms with Crippen LogP contribution in [0.5, 0.6) is 0 Å². The van der Waals surface area contributed by atoms with Gasteiger partial charge in [-0.15, -0.1) is 0 Å². The molecule has 0 bridgehead atoms. The molecule has 1 N–H and O–H groups in total. The summed E-state index contributed by atoms with van der Waals surface area (Å²) in [6.07, 6.45) is 3.10. The van der Waals surface area contributed by atoms with Gasteiger partial charge in [0, 0.05) is 44.1 Å². The molecule has 3 heterocycles. The van der Waals surface area contributed by atoms with E-state index in [1.54, 1.807) is 29.3 Å². The van der Waals surface area contributed by atoms with E-state index in [9.17, 15) is 9.18 Å². The Morgan fingerprint density at radius 3 is 2.57 bits per heavy atom. The molecule has 3 aromatic rings. The molecular formula is C20H19FN6O. The molecule has 1 saturated heterocycles. The number of carbonyl (C=O) groups is 1. The van der Waals surface area contributed by atoms with Crippen LogP contribution < -0.4 is 10.2 Å². The average Bonchev–Trinajstić information content (AvgIpc) is 2.74. The number of carbonyl (C=O) groups excluding carboxylic acids is 1. The van der Waals surface area contributed by atoms with Gasteiger partial charge < -0.3 is 15.1 Å². The molecule has 1 aliphatic rings. The molecule has 28 heavy (non-hydrogen) atoms. The minimum atomic E-state index is -0.346. The maximum Gasteiger partial charge on any atom is 0.272 e. The van der Waals surface area contributed by atoms with Crippen LogP contribution in [0.25, 0.3) is 0 Å². The predicted octanol–water partition coefficient (Wildman–Crippen LogP) is 2.72. The Balaban J connectivity index is 1.41. The van der Waals surface area contributed by atoms with Crippen LogP contribution in [0.1, 0.15) is 10.5 Å². The lowest BCUT2D eigenvalue weighted by Crippen LogP contribution is -2.49. The van der Waals surface area contributed by atoms with Crippen molar-refractivity contribution in [3.8, 4) is 0 Å². The quantitative estimate of drug-likeness (QED) is 0.753. The Hall–Kier alpha value is -3.55. The van der Waals surface area contributed by atoms with E-state index in [0.29, 0.717) is 43.4 Å². The van der Waals surface area contributed by atoms with Crippen LogP contribution >= 0.6 is 0 Å². The maximum absolute atomic E-state index is 13.3. The summed E-state index contributed by atoms with van der Waals surface area (Å²) in [7, 11) is 0. The summed E-state index contributed by atoms with van der Waals surface area (Å²) >= 11 is 0. The molecule has 1 fully saturated rings. The SMILES string of the molecule is O=C(c1cc(Nc2cccc(F)c2)ncn1)N1CCN(c2ccccn2)CC1. The van der Waals surface area contributed by atoms with Gasteiger partial charge in [0.1, 0.15) is 29.5 Å². The van der Waals surface area contributed by atoms with Crippen LogP contribution in [0.4, 0.5) is 21.7 Å². The van der Waals surface area contributed by atoms with Gasteiger partial charge in [-0.25, -0.2) is 19.3 Å². The van der Waals surface area contributed by atoms with Crippen molar-refractivity contribution in [2.24, 2.45) is 0 Å². The number of nitrogens with one attached hydrogen (secondary N) is 1. The van der Waals surface area contributed by atoms with E-state index in [1.807, 2.05) is 18.2 Å². The summed E-state index contributed by atoms with van der Waals surface area (Å²) < 4.78 is 13.3. The lowest BCUT2D eigenvalue weighted by molar-refractivity contribution is 0.0740. The molecule has 0 radical (unpaired) electrons. The van der Waals surface area contributed by atoms with E-state index >= 15 is 0 Å². The zero-order chi connectivity index (χ0) is 19.3. The van der Waals surface area contributed by atoms with Crippen LogP contribution in [0, 0.1) is 5.82 Å². The molecule has 0 unspecified atom stereocenters. The minimum Gasteiger partial charge on any atom is -0.353 e. The molecule has 8 heteroatoms. The highest BCUT2D eigenvalue weighted by molar-refractivity contribution is 5.93. The third-order valence-corrected chi connectivity index (χ3v) is 4.52. The normalized spacial score (nSPS) is 14.0. The van der Waals surface area contributed by atoms with Gasteiger partial charge in [-0.3, -0.25) is 4.79 Å². The first-order valence-corrected chi connectivity index (χ1v) is 8.99. The van der Waals surface area contributed by atoms with E-state index in [4.69, 9.17) is 0 Å². The number of piperazine rings is 1. The van der Waals surface area contributed by atoms with Gasteiger partial charge in [0.15, 0.2) is 0 Å². The van der Waals surface area contributed by atoms with Crippen molar-refractivity contribution in [2.75, 3.05) is 36.4 Å². The van der Waals surface area contributed by atoms with Crippen molar-refractivity contribution in [3.05, 3.63) is 72.6 Å². The number of benzene rings is 1. The number of anilines is 3. The van der Waals surface area contributed by atoms with Crippen LogP contribution in [-0.2, 0) is 0 Å². The fourth-order valence-electron chi connectivity index (χ4n) is 3.10. The van der Waals surface area contributed by atoms with Crippen molar-refractivity contribution in [2.45, 2.75) is 0 Å². The van der Waals surface area contributed by atoms with Crippen LogP contribution in [0.15, 0.2) is 61.1 Å². The zero-order valence-corrected chi connectivity index (χ0v) is 15.1.